The van der Waals surface area contributed by atoms with Crippen molar-refractivity contribution >= 4 is 33.0 Å². The first-order valence-corrected chi connectivity index (χ1v) is 11.0. The Bertz CT molecular complexity index is 905. The van der Waals surface area contributed by atoms with Gasteiger partial charge in [-0.2, -0.15) is 4.31 Å². The molecule has 1 aliphatic rings. The molecule has 5 nitrogen and oxygen atoms in total. The largest absolute Gasteiger partial charge is 0.315 e. The zero-order chi connectivity index (χ0) is 18.9. The van der Waals surface area contributed by atoms with Gasteiger partial charge in [-0.05, 0) is 56.5 Å². The van der Waals surface area contributed by atoms with Crippen LogP contribution in [0.15, 0.2) is 40.6 Å². The van der Waals surface area contributed by atoms with Crippen molar-refractivity contribution in [2.24, 2.45) is 5.92 Å². The summed E-state index contributed by atoms with van der Waals surface area (Å²) in [6.45, 7) is 4.59. The fourth-order valence-corrected chi connectivity index (χ4v) is 6.24. The molecule has 7 heteroatoms. The van der Waals surface area contributed by atoms with Gasteiger partial charge in [0.2, 0.25) is 5.91 Å². The Morgan fingerprint density at radius 2 is 2.00 bits per heavy atom. The second kappa shape index (κ2) is 7.50. The average Bonchev–Trinajstić information content (AvgIpc) is 3.08. The highest BCUT2D eigenvalue weighted by Gasteiger charge is 2.35. The van der Waals surface area contributed by atoms with Crippen molar-refractivity contribution in [2.45, 2.75) is 30.9 Å². The van der Waals surface area contributed by atoms with Gasteiger partial charge in [-0.15, -0.1) is 11.3 Å². The van der Waals surface area contributed by atoms with Gasteiger partial charge in [-0.25, -0.2) is 8.42 Å². The third-order valence-corrected chi connectivity index (χ3v) is 8.10. The van der Waals surface area contributed by atoms with Crippen molar-refractivity contribution in [3.63, 3.8) is 0 Å². The molecule has 0 saturated carbocycles. The van der Waals surface area contributed by atoms with Crippen LogP contribution < -0.4 is 4.90 Å². The van der Waals surface area contributed by atoms with Crippen LogP contribution in [-0.4, -0.2) is 38.8 Å². The number of rotatable bonds is 4. The second-order valence-corrected chi connectivity index (χ2v) is 10.3. The van der Waals surface area contributed by atoms with Crippen molar-refractivity contribution in [2.75, 3.05) is 25.0 Å². The van der Waals surface area contributed by atoms with Crippen LogP contribution in [0.3, 0.4) is 0 Å². The topological polar surface area (TPSA) is 57.7 Å². The van der Waals surface area contributed by atoms with E-state index in [-0.39, 0.29) is 18.4 Å². The zero-order valence-electron chi connectivity index (χ0n) is 15.3. The second-order valence-electron chi connectivity index (χ2n) is 6.80. The monoisotopic (exact) mass is 392 g/mol. The maximum Gasteiger partial charge on any atom is 0.252 e. The molecule has 1 aromatic carbocycles. The van der Waals surface area contributed by atoms with Crippen molar-refractivity contribution < 1.29 is 13.2 Å². The predicted molar refractivity (Wildman–Crippen MR) is 105 cm³/mol. The molecule has 1 saturated heterocycles. The van der Waals surface area contributed by atoms with E-state index in [0.29, 0.717) is 23.6 Å². The highest BCUT2D eigenvalue weighted by molar-refractivity contribution is 7.91. The summed E-state index contributed by atoms with van der Waals surface area (Å²) < 4.78 is 27.6. The minimum atomic E-state index is -3.52. The normalized spacial score (nSPS) is 18.7. The Kier molecular flexibility index (Phi) is 5.50. The number of anilines is 1. The maximum atomic E-state index is 12.9. The molecule has 0 spiro atoms. The SMILES string of the molecule is Cc1cccc(N(C)C(=O)C2CCCN(S(=O)(=O)c3ccc(C)s3)C2)c1. The molecule has 1 unspecified atom stereocenters. The number of hydrogen-bond donors (Lipinski definition) is 0. The molecule has 1 fully saturated rings. The molecular formula is C19H24N2O3S2. The molecule has 1 aromatic heterocycles. The highest BCUT2D eigenvalue weighted by Crippen LogP contribution is 2.29. The molecule has 0 radical (unpaired) electrons. The Hall–Kier alpha value is -1.70. The van der Waals surface area contributed by atoms with Gasteiger partial charge in [0, 0.05) is 30.7 Å². The molecule has 1 aliphatic heterocycles. The predicted octanol–water partition coefficient (Wildman–Crippen LogP) is 3.43. The smallest absolute Gasteiger partial charge is 0.252 e. The highest BCUT2D eigenvalue weighted by atomic mass is 32.2. The first-order chi connectivity index (χ1) is 12.3. The molecular weight excluding hydrogens is 368 g/mol. The van der Waals surface area contributed by atoms with E-state index >= 15 is 0 Å². The van der Waals surface area contributed by atoms with Crippen LogP contribution in [0.2, 0.25) is 0 Å². The van der Waals surface area contributed by atoms with E-state index in [1.165, 1.54) is 15.6 Å². The minimum Gasteiger partial charge on any atom is -0.315 e. The summed E-state index contributed by atoms with van der Waals surface area (Å²) in [5, 5.41) is 0. The lowest BCUT2D eigenvalue weighted by Crippen LogP contribution is -2.45. The van der Waals surface area contributed by atoms with Gasteiger partial charge in [0.05, 0.1) is 5.92 Å². The summed E-state index contributed by atoms with van der Waals surface area (Å²) in [5.74, 6) is -0.344. The molecule has 140 valence electrons. The Morgan fingerprint density at radius 3 is 2.65 bits per heavy atom. The molecule has 2 heterocycles. The number of hydrogen-bond acceptors (Lipinski definition) is 4. The maximum absolute atomic E-state index is 12.9. The van der Waals surface area contributed by atoms with Crippen molar-refractivity contribution in [3.05, 3.63) is 46.8 Å². The molecule has 1 atom stereocenters. The minimum absolute atomic E-state index is 0.0298. The van der Waals surface area contributed by atoms with Gasteiger partial charge in [0.15, 0.2) is 0 Å². The van der Waals surface area contributed by atoms with Gasteiger partial charge in [0.1, 0.15) is 4.21 Å². The van der Waals surface area contributed by atoms with Crippen LogP contribution in [0.25, 0.3) is 0 Å². The number of aryl methyl sites for hydroxylation is 2. The number of sulfonamides is 1. The van der Waals surface area contributed by atoms with E-state index in [1.54, 1.807) is 18.0 Å². The summed E-state index contributed by atoms with van der Waals surface area (Å²) in [6, 6.07) is 11.2. The molecule has 1 amide bonds. The quantitative estimate of drug-likeness (QED) is 0.801. The van der Waals surface area contributed by atoms with E-state index in [2.05, 4.69) is 0 Å². The average molecular weight is 393 g/mol. The Labute approximate surface area is 159 Å². The van der Waals surface area contributed by atoms with Gasteiger partial charge in [-0.3, -0.25) is 4.79 Å². The lowest BCUT2D eigenvalue weighted by molar-refractivity contribution is -0.123. The first-order valence-electron chi connectivity index (χ1n) is 8.70. The molecule has 3 rings (SSSR count). The van der Waals surface area contributed by atoms with E-state index in [1.807, 2.05) is 44.2 Å². The van der Waals surface area contributed by atoms with E-state index in [4.69, 9.17) is 0 Å². The number of piperidine rings is 1. The Morgan fingerprint density at radius 1 is 1.23 bits per heavy atom. The van der Waals surface area contributed by atoms with Gasteiger partial charge >= 0.3 is 0 Å². The standard InChI is InChI=1S/C19H24N2O3S2/c1-14-6-4-8-17(12-14)20(3)19(22)16-7-5-11-21(13-16)26(23,24)18-10-9-15(2)25-18/h4,6,8-10,12,16H,5,7,11,13H2,1-3H3. The van der Waals surface area contributed by atoms with Crippen molar-refractivity contribution in [1.82, 2.24) is 4.31 Å². The summed E-state index contributed by atoms with van der Waals surface area (Å²) in [7, 11) is -1.77. The molecule has 26 heavy (non-hydrogen) atoms. The third-order valence-electron chi connectivity index (χ3n) is 4.76. The molecule has 0 aliphatic carbocycles. The number of carbonyl (C=O) groups is 1. The van der Waals surface area contributed by atoms with Gasteiger partial charge < -0.3 is 4.90 Å². The number of benzene rings is 1. The van der Waals surface area contributed by atoms with E-state index in [0.717, 1.165) is 16.1 Å². The van der Waals surface area contributed by atoms with Crippen LogP contribution >= 0.6 is 11.3 Å². The number of thiophene rings is 1. The molecule has 0 N–H and O–H groups in total. The van der Waals surface area contributed by atoms with Crippen molar-refractivity contribution in [1.29, 1.82) is 0 Å². The van der Waals surface area contributed by atoms with Gasteiger partial charge in [0.25, 0.3) is 10.0 Å². The van der Waals surface area contributed by atoms with Gasteiger partial charge in [-0.1, -0.05) is 12.1 Å². The van der Waals surface area contributed by atoms with Crippen molar-refractivity contribution in [3.8, 4) is 0 Å². The molecule has 2 aromatic rings. The van der Waals surface area contributed by atoms with Crippen LogP contribution in [0, 0.1) is 19.8 Å². The zero-order valence-corrected chi connectivity index (χ0v) is 16.9. The number of amides is 1. The Balaban J connectivity index is 1.76. The fourth-order valence-electron chi connectivity index (χ4n) is 3.28. The molecule has 0 bridgehead atoms. The number of carbonyl (C=O) groups excluding carboxylic acids is 1. The van der Waals surface area contributed by atoms with E-state index in [9.17, 15) is 13.2 Å². The summed E-state index contributed by atoms with van der Waals surface area (Å²) in [5.41, 5.74) is 1.92. The number of nitrogens with zero attached hydrogens (tertiary/aromatic N) is 2. The summed E-state index contributed by atoms with van der Waals surface area (Å²) >= 11 is 1.28. The first kappa shape index (κ1) is 19.1. The lowest BCUT2D eigenvalue weighted by atomic mass is 9.98. The van der Waals surface area contributed by atoms with Crippen LogP contribution in [0.1, 0.15) is 23.3 Å². The third kappa shape index (κ3) is 3.84. The van der Waals surface area contributed by atoms with E-state index < -0.39 is 10.0 Å². The van der Waals surface area contributed by atoms with Crippen LogP contribution in [0.5, 0.6) is 0 Å². The summed E-state index contributed by atoms with van der Waals surface area (Å²) in [6.07, 6.45) is 1.41. The fraction of sp³-hybridized carbons (Fsp3) is 0.421. The summed E-state index contributed by atoms with van der Waals surface area (Å²) in [4.78, 5) is 15.5. The van der Waals surface area contributed by atoms with Crippen LogP contribution in [0.4, 0.5) is 5.69 Å². The lowest BCUT2D eigenvalue weighted by Gasteiger charge is -2.33. The van der Waals surface area contributed by atoms with Crippen LogP contribution in [-0.2, 0) is 14.8 Å².